The highest BCUT2D eigenvalue weighted by molar-refractivity contribution is 5.91. The molecule has 0 fully saturated rings. The molecule has 0 aliphatic carbocycles. The summed E-state index contributed by atoms with van der Waals surface area (Å²) >= 11 is 0. The van der Waals surface area contributed by atoms with Crippen molar-refractivity contribution in [1.82, 2.24) is 15.5 Å². The fourth-order valence-electron chi connectivity index (χ4n) is 0.953. The highest BCUT2D eigenvalue weighted by Gasteiger charge is 2.17. The smallest absolute Gasteiger partial charge is 0.271 e. The Morgan fingerprint density at radius 1 is 1.56 bits per heavy atom. The van der Waals surface area contributed by atoms with Crippen molar-refractivity contribution < 1.29 is 4.79 Å². The summed E-state index contributed by atoms with van der Waals surface area (Å²) < 4.78 is 0. The van der Waals surface area contributed by atoms with Crippen LogP contribution >= 0.6 is 0 Å². The summed E-state index contributed by atoms with van der Waals surface area (Å²) in [6, 6.07) is 2.64. The van der Waals surface area contributed by atoms with E-state index in [1.54, 1.807) is 0 Å². The van der Waals surface area contributed by atoms with Crippen LogP contribution in [0.4, 0.5) is 0 Å². The van der Waals surface area contributed by atoms with Gasteiger partial charge in [-0.1, -0.05) is 13.8 Å². The third-order valence-corrected chi connectivity index (χ3v) is 2.19. The molecule has 6 nitrogen and oxygen atoms in total. The summed E-state index contributed by atoms with van der Waals surface area (Å²) in [4.78, 5) is 22.3. The van der Waals surface area contributed by atoms with Gasteiger partial charge in [0, 0.05) is 12.6 Å². The first-order valence-corrected chi connectivity index (χ1v) is 4.99. The minimum atomic E-state index is -0.334. The van der Waals surface area contributed by atoms with Crippen LogP contribution in [0.15, 0.2) is 16.9 Å². The van der Waals surface area contributed by atoms with Gasteiger partial charge < -0.3 is 11.1 Å². The Hall–Kier alpha value is -1.69. The van der Waals surface area contributed by atoms with Crippen molar-refractivity contribution >= 4 is 5.91 Å². The standard InChI is InChI=1S/C10H16N4O2/c1-10(2,5-11)6-12-9(16)7-3-4-8(15)14-13-7/h3-4H,5-6,11H2,1-2H3,(H,12,16)(H,14,15). The average Bonchev–Trinajstić information content (AvgIpc) is 2.27. The quantitative estimate of drug-likeness (QED) is 0.640. The van der Waals surface area contributed by atoms with Crippen molar-refractivity contribution in [3.8, 4) is 0 Å². The van der Waals surface area contributed by atoms with Crippen LogP contribution in [0.25, 0.3) is 0 Å². The maximum Gasteiger partial charge on any atom is 0.271 e. The topological polar surface area (TPSA) is 101 Å². The van der Waals surface area contributed by atoms with E-state index < -0.39 is 0 Å². The van der Waals surface area contributed by atoms with E-state index in [9.17, 15) is 9.59 Å². The number of H-pyrrole nitrogens is 1. The lowest BCUT2D eigenvalue weighted by atomic mass is 9.94. The van der Waals surface area contributed by atoms with Crippen LogP contribution in [-0.4, -0.2) is 29.2 Å². The molecular formula is C10H16N4O2. The summed E-state index contributed by atoms with van der Waals surface area (Å²) in [5.74, 6) is -0.322. The first-order valence-electron chi connectivity index (χ1n) is 4.99. The summed E-state index contributed by atoms with van der Waals surface area (Å²) in [7, 11) is 0. The predicted octanol–water partition coefficient (Wildman–Crippen LogP) is -0.515. The lowest BCUT2D eigenvalue weighted by Gasteiger charge is -2.22. The Labute approximate surface area is 93.2 Å². The van der Waals surface area contributed by atoms with Gasteiger partial charge in [0.1, 0.15) is 5.69 Å². The van der Waals surface area contributed by atoms with Crippen LogP contribution < -0.4 is 16.6 Å². The number of nitrogens with two attached hydrogens (primary N) is 1. The zero-order chi connectivity index (χ0) is 12.2. The first kappa shape index (κ1) is 12.4. The molecule has 0 aliphatic rings. The number of hydrogen-bond acceptors (Lipinski definition) is 4. The van der Waals surface area contributed by atoms with Gasteiger partial charge in [-0.25, -0.2) is 5.10 Å². The lowest BCUT2D eigenvalue weighted by Crippen LogP contribution is -2.38. The van der Waals surface area contributed by atoms with Crippen LogP contribution in [0.3, 0.4) is 0 Å². The molecule has 0 atom stereocenters. The number of amides is 1. The minimum Gasteiger partial charge on any atom is -0.350 e. The molecule has 1 amide bonds. The summed E-state index contributed by atoms with van der Waals surface area (Å²) in [5, 5.41) is 8.53. The zero-order valence-electron chi connectivity index (χ0n) is 9.41. The van der Waals surface area contributed by atoms with E-state index in [-0.39, 0.29) is 22.6 Å². The number of hydrogen-bond donors (Lipinski definition) is 3. The summed E-state index contributed by atoms with van der Waals surface area (Å²) in [6.45, 7) is 4.84. The van der Waals surface area contributed by atoms with Crippen LogP contribution in [0.2, 0.25) is 0 Å². The highest BCUT2D eigenvalue weighted by atomic mass is 16.2. The molecular weight excluding hydrogens is 208 g/mol. The fourth-order valence-corrected chi connectivity index (χ4v) is 0.953. The number of carbonyl (C=O) groups is 1. The molecule has 1 rings (SSSR count). The van der Waals surface area contributed by atoms with Crippen molar-refractivity contribution in [2.45, 2.75) is 13.8 Å². The van der Waals surface area contributed by atoms with Gasteiger partial charge in [0.2, 0.25) is 0 Å². The second-order valence-electron chi connectivity index (χ2n) is 4.36. The Kier molecular flexibility index (Phi) is 3.78. The van der Waals surface area contributed by atoms with E-state index in [1.165, 1.54) is 12.1 Å². The van der Waals surface area contributed by atoms with E-state index in [0.29, 0.717) is 13.1 Å². The van der Waals surface area contributed by atoms with Crippen LogP contribution in [-0.2, 0) is 0 Å². The molecule has 6 heteroatoms. The Balaban J connectivity index is 2.60. The van der Waals surface area contributed by atoms with E-state index in [4.69, 9.17) is 5.73 Å². The van der Waals surface area contributed by atoms with E-state index >= 15 is 0 Å². The number of aromatic nitrogens is 2. The van der Waals surface area contributed by atoms with E-state index in [1.807, 2.05) is 13.8 Å². The summed E-state index contributed by atoms with van der Waals surface area (Å²) in [5.41, 5.74) is 5.23. The monoisotopic (exact) mass is 224 g/mol. The first-order chi connectivity index (χ1) is 7.44. The molecule has 1 heterocycles. The minimum absolute atomic E-state index is 0.155. The third kappa shape index (κ3) is 3.47. The Bertz CT molecular complexity index is 405. The maximum absolute atomic E-state index is 11.6. The van der Waals surface area contributed by atoms with E-state index in [2.05, 4.69) is 15.5 Å². The molecule has 0 aromatic carbocycles. The van der Waals surface area contributed by atoms with Gasteiger partial charge >= 0.3 is 0 Å². The largest absolute Gasteiger partial charge is 0.350 e. The summed E-state index contributed by atoms with van der Waals surface area (Å²) in [6.07, 6.45) is 0. The van der Waals surface area contributed by atoms with Crippen LogP contribution in [0.5, 0.6) is 0 Å². The highest BCUT2D eigenvalue weighted by Crippen LogP contribution is 2.10. The van der Waals surface area contributed by atoms with Gasteiger partial charge in [-0.3, -0.25) is 9.59 Å². The number of nitrogens with one attached hydrogen (secondary N) is 2. The average molecular weight is 224 g/mol. The molecule has 0 radical (unpaired) electrons. The maximum atomic E-state index is 11.6. The Morgan fingerprint density at radius 2 is 2.25 bits per heavy atom. The SMILES string of the molecule is CC(C)(CN)CNC(=O)c1ccc(=O)[nH]n1. The number of carbonyl (C=O) groups excluding carboxylic acids is 1. The molecule has 16 heavy (non-hydrogen) atoms. The molecule has 0 saturated heterocycles. The number of nitrogens with zero attached hydrogens (tertiary/aromatic N) is 1. The molecule has 0 bridgehead atoms. The number of rotatable bonds is 4. The van der Waals surface area contributed by atoms with Gasteiger partial charge in [0.05, 0.1) is 0 Å². The second kappa shape index (κ2) is 4.89. The van der Waals surface area contributed by atoms with Gasteiger partial charge in [-0.2, -0.15) is 5.10 Å². The Morgan fingerprint density at radius 3 is 2.75 bits per heavy atom. The van der Waals surface area contributed by atoms with Crippen molar-refractivity contribution in [2.75, 3.05) is 13.1 Å². The second-order valence-corrected chi connectivity index (χ2v) is 4.36. The fraction of sp³-hybridized carbons (Fsp3) is 0.500. The number of aromatic amines is 1. The molecule has 1 aromatic rings. The molecule has 0 aliphatic heterocycles. The van der Waals surface area contributed by atoms with Crippen molar-refractivity contribution in [3.05, 3.63) is 28.2 Å². The molecule has 4 N–H and O–H groups in total. The molecule has 0 unspecified atom stereocenters. The predicted molar refractivity (Wildman–Crippen MR) is 60.0 cm³/mol. The van der Waals surface area contributed by atoms with Gasteiger partial charge in [-0.15, -0.1) is 0 Å². The normalized spacial score (nSPS) is 11.2. The lowest BCUT2D eigenvalue weighted by molar-refractivity contribution is 0.0932. The van der Waals surface area contributed by atoms with Crippen molar-refractivity contribution in [1.29, 1.82) is 0 Å². The van der Waals surface area contributed by atoms with Gasteiger partial charge in [-0.05, 0) is 18.0 Å². The van der Waals surface area contributed by atoms with Crippen molar-refractivity contribution in [3.63, 3.8) is 0 Å². The van der Waals surface area contributed by atoms with Gasteiger partial charge in [0.25, 0.3) is 11.5 Å². The van der Waals surface area contributed by atoms with Gasteiger partial charge in [0.15, 0.2) is 0 Å². The molecule has 1 aromatic heterocycles. The third-order valence-electron chi connectivity index (χ3n) is 2.19. The van der Waals surface area contributed by atoms with Crippen LogP contribution in [0.1, 0.15) is 24.3 Å². The molecule has 0 spiro atoms. The molecule has 0 saturated carbocycles. The zero-order valence-corrected chi connectivity index (χ0v) is 9.41. The van der Waals surface area contributed by atoms with E-state index in [0.717, 1.165) is 0 Å². The van der Waals surface area contributed by atoms with Crippen molar-refractivity contribution in [2.24, 2.45) is 11.1 Å². The van der Waals surface area contributed by atoms with Crippen LogP contribution in [0, 0.1) is 5.41 Å². The molecule has 88 valence electrons.